The van der Waals surface area contributed by atoms with Crippen LogP contribution in [0.1, 0.15) is 12.5 Å². The summed E-state index contributed by atoms with van der Waals surface area (Å²) in [7, 11) is 1.50. The van der Waals surface area contributed by atoms with Crippen LogP contribution in [-0.2, 0) is 4.74 Å². The molecule has 5 nitrogen and oxygen atoms in total. The normalized spacial score (nSPS) is 9.53. The number of methoxy groups -OCH3 is 1. The van der Waals surface area contributed by atoms with Crippen molar-refractivity contribution in [3.05, 3.63) is 23.8 Å². The Balaban J connectivity index is 2.92. The molecule has 0 bridgehead atoms. The lowest BCUT2D eigenvalue weighted by molar-refractivity contribution is 0.168. The van der Waals surface area contributed by atoms with E-state index in [-0.39, 0.29) is 4.99 Å². The van der Waals surface area contributed by atoms with Crippen LogP contribution in [0.25, 0.3) is 0 Å². The Kier molecular flexibility index (Phi) is 4.71. The summed E-state index contributed by atoms with van der Waals surface area (Å²) in [5.74, 6) is 0.475. The fourth-order valence-electron chi connectivity index (χ4n) is 1.22. The Labute approximate surface area is 105 Å². The van der Waals surface area contributed by atoms with Crippen LogP contribution >= 0.6 is 12.2 Å². The summed E-state index contributed by atoms with van der Waals surface area (Å²) >= 11 is 4.85. The van der Waals surface area contributed by atoms with Gasteiger partial charge in [0.25, 0.3) is 0 Å². The van der Waals surface area contributed by atoms with Crippen LogP contribution in [0.15, 0.2) is 18.2 Å². The molecule has 1 aromatic rings. The molecule has 0 saturated heterocycles. The second-order valence-electron chi connectivity index (χ2n) is 3.12. The Hall–Kier alpha value is -1.82. The Morgan fingerprint density at radius 1 is 1.53 bits per heavy atom. The van der Waals surface area contributed by atoms with Gasteiger partial charge in [-0.05, 0) is 25.1 Å². The lowest BCUT2D eigenvalue weighted by Crippen LogP contribution is -2.15. The molecule has 1 aromatic carbocycles. The maximum absolute atomic E-state index is 11.3. The number of anilines is 1. The Bertz CT molecular complexity index is 435. The van der Waals surface area contributed by atoms with Crippen molar-refractivity contribution >= 4 is 29.0 Å². The first-order valence-electron chi connectivity index (χ1n) is 5.00. The van der Waals surface area contributed by atoms with Crippen LogP contribution in [-0.4, -0.2) is 24.8 Å². The van der Waals surface area contributed by atoms with Gasteiger partial charge in [-0.3, -0.25) is 5.32 Å². The highest BCUT2D eigenvalue weighted by Crippen LogP contribution is 2.25. The molecule has 92 valence electrons. The summed E-state index contributed by atoms with van der Waals surface area (Å²) < 4.78 is 9.90. The summed E-state index contributed by atoms with van der Waals surface area (Å²) in [4.78, 5) is 11.5. The molecule has 0 atom stereocenters. The summed E-state index contributed by atoms with van der Waals surface area (Å²) in [6, 6.07) is 5.01. The molecule has 0 saturated carbocycles. The van der Waals surface area contributed by atoms with Crippen molar-refractivity contribution in [2.75, 3.05) is 19.0 Å². The van der Waals surface area contributed by atoms with Gasteiger partial charge in [0.1, 0.15) is 10.7 Å². The summed E-state index contributed by atoms with van der Waals surface area (Å²) in [5, 5.41) is 2.56. The third-order valence-electron chi connectivity index (χ3n) is 2.00. The maximum Gasteiger partial charge on any atom is 0.411 e. The molecular formula is C11H14N2O3S. The standard InChI is InChI=1S/C11H14N2O3S/c1-3-16-11(14)13-8-5-4-7(10(12)17)6-9(8)15-2/h4-6H,3H2,1-2H3,(H2,12,17)(H,13,14). The predicted molar refractivity (Wildman–Crippen MR) is 69.5 cm³/mol. The summed E-state index contributed by atoms with van der Waals surface area (Å²) in [6.45, 7) is 2.03. The molecule has 3 N–H and O–H groups in total. The van der Waals surface area contributed by atoms with E-state index >= 15 is 0 Å². The zero-order chi connectivity index (χ0) is 12.8. The van der Waals surface area contributed by atoms with E-state index in [2.05, 4.69) is 5.32 Å². The minimum absolute atomic E-state index is 0.269. The highest BCUT2D eigenvalue weighted by molar-refractivity contribution is 7.80. The fourth-order valence-corrected chi connectivity index (χ4v) is 1.35. The SMILES string of the molecule is CCOC(=O)Nc1ccc(C(N)=S)cc1OC. The van der Waals surface area contributed by atoms with Crippen molar-refractivity contribution in [1.82, 2.24) is 0 Å². The van der Waals surface area contributed by atoms with Gasteiger partial charge in [0.05, 0.1) is 19.4 Å². The van der Waals surface area contributed by atoms with Gasteiger partial charge >= 0.3 is 6.09 Å². The zero-order valence-corrected chi connectivity index (χ0v) is 10.5. The molecule has 6 heteroatoms. The first kappa shape index (κ1) is 13.2. The number of hydrogen-bond acceptors (Lipinski definition) is 4. The van der Waals surface area contributed by atoms with Gasteiger partial charge in [-0.25, -0.2) is 4.79 Å². The number of hydrogen-bond donors (Lipinski definition) is 2. The van der Waals surface area contributed by atoms with E-state index in [4.69, 9.17) is 27.4 Å². The number of carbonyl (C=O) groups is 1. The third-order valence-corrected chi connectivity index (χ3v) is 2.23. The number of thiocarbonyl (C=S) groups is 1. The second-order valence-corrected chi connectivity index (χ2v) is 3.56. The monoisotopic (exact) mass is 254 g/mol. The Morgan fingerprint density at radius 3 is 2.76 bits per heavy atom. The van der Waals surface area contributed by atoms with E-state index < -0.39 is 6.09 Å². The number of amides is 1. The molecule has 0 heterocycles. The molecule has 0 fully saturated rings. The van der Waals surface area contributed by atoms with E-state index in [1.165, 1.54) is 7.11 Å². The number of nitrogens with two attached hydrogens (primary N) is 1. The number of carbonyl (C=O) groups excluding carboxylic acids is 1. The Morgan fingerprint density at radius 2 is 2.24 bits per heavy atom. The molecule has 0 aliphatic heterocycles. The van der Waals surface area contributed by atoms with E-state index in [0.29, 0.717) is 23.6 Å². The maximum atomic E-state index is 11.3. The lowest BCUT2D eigenvalue weighted by Gasteiger charge is -2.11. The summed E-state index contributed by atoms with van der Waals surface area (Å²) in [6.07, 6.45) is -0.533. The molecule has 0 unspecified atom stereocenters. The lowest BCUT2D eigenvalue weighted by atomic mass is 10.2. The molecule has 1 amide bonds. The zero-order valence-electron chi connectivity index (χ0n) is 9.65. The second kappa shape index (κ2) is 6.05. The fraction of sp³-hybridized carbons (Fsp3) is 0.273. The average Bonchev–Trinajstić information content (AvgIpc) is 2.29. The highest BCUT2D eigenvalue weighted by Gasteiger charge is 2.09. The minimum atomic E-state index is -0.533. The minimum Gasteiger partial charge on any atom is -0.495 e. The van der Waals surface area contributed by atoms with Crippen LogP contribution in [0.4, 0.5) is 10.5 Å². The molecule has 0 aliphatic carbocycles. The number of rotatable bonds is 4. The number of benzene rings is 1. The van der Waals surface area contributed by atoms with Crippen LogP contribution in [0.3, 0.4) is 0 Å². The van der Waals surface area contributed by atoms with E-state index in [1.54, 1.807) is 25.1 Å². The van der Waals surface area contributed by atoms with Crippen molar-refractivity contribution in [3.63, 3.8) is 0 Å². The number of nitrogens with one attached hydrogen (secondary N) is 1. The summed E-state index contributed by atoms with van der Waals surface area (Å²) in [5.41, 5.74) is 6.68. The third kappa shape index (κ3) is 3.60. The van der Waals surface area contributed by atoms with Crippen LogP contribution < -0.4 is 15.8 Å². The molecule has 0 aliphatic rings. The molecule has 1 rings (SSSR count). The van der Waals surface area contributed by atoms with E-state index in [1.807, 2.05) is 0 Å². The van der Waals surface area contributed by atoms with Gasteiger partial charge in [-0.15, -0.1) is 0 Å². The van der Waals surface area contributed by atoms with Crippen molar-refractivity contribution in [3.8, 4) is 5.75 Å². The quantitative estimate of drug-likeness (QED) is 0.803. The smallest absolute Gasteiger partial charge is 0.411 e. The van der Waals surface area contributed by atoms with Gasteiger partial charge in [0.2, 0.25) is 0 Å². The largest absolute Gasteiger partial charge is 0.495 e. The van der Waals surface area contributed by atoms with E-state index in [9.17, 15) is 4.79 Å². The average molecular weight is 254 g/mol. The van der Waals surface area contributed by atoms with Crippen LogP contribution in [0, 0.1) is 0 Å². The van der Waals surface area contributed by atoms with Gasteiger partial charge in [0.15, 0.2) is 0 Å². The van der Waals surface area contributed by atoms with Crippen LogP contribution in [0.5, 0.6) is 5.75 Å². The molecular weight excluding hydrogens is 240 g/mol. The highest BCUT2D eigenvalue weighted by atomic mass is 32.1. The molecule has 0 radical (unpaired) electrons. The molecule has 0 aromatic heterocycles. The van der Waals surface area contributed by atoms with Crippen molar-refractivity contribution in [1.29, 1.82) is 0 Å². The van der Waals surface area contributed by atoms with Gasteiger partial charge in [-0.1, -0.05) is 12.2 Å². The first-order valence-corrected chi connectivity index (χ1v) is 5.41. The van der Waals surface area contributed by atoms with Crippen molar-refractivity contribution in [2.45, 2.75) is 6.92 Å². The predicted octanol–water partition coefficient (Wildman–Crippen LogP) is 1.90. The van der Waals surface area contributed by atoms with Crippen LogP contribution in [0.2, 0.25) is 0 Å². The molecule has 17 heavy (non-hydrogen) atoms. The molecule has 0 spiro atoms. The number of ether oxygens (including phenoxy) is 2. The van der Waals surface area contributed by atoms with Crippen molar-refractivity contribution in [2.24, 2.45) is 5.73 Å². The van der Waals surface area contributed by atoms with Crippen molar-refractivity contribution < 1.29 is 14.3 Å². The van der Waals surface area contributed by atoms with Gasteiger partial charge < -0.3 is 15.2 Å². The van der Waals surface area contributed by atoms with Gasteiger partial charge in [-0.2, -0.15) is 0 Å². The van der Waals surface area contributed by atoms with E-state index in [0.717, 1.165) is 0 Å². The first-order chi connectivity index (χ1) is 8.08. The van der Waals surface area contributed by atoms with Gasteiger partial charge in [0, 0.05) is 5.56 Å². The topological polar surface area (TPSA) is 73.6 Å².